The van der Waals surface area contributed by atoms with Gasteiger partial charge in [-0.3, -0.25) is 9.78 Å². The number of carbonyl (C=O) groups excluding carboxylic acids is 1. The summed E-state index contributed by atoms with van der Waals surface area (Å²) in [5, 5.41) is 2.89. The number of allylic oxidation sites excluding steroid dienone is 1. The summed E-state index contributed by atoms with van der Waals surface area (Å²) in [6.45, 7) is 0. The lowest BCUT2D eigenvalue weighted by Gasteiger charge is -2.06. The number of anilines is 1. The van der Waals surface area contributed by atoms with Crippen LogP contribution in [-0.4, -0.2) is 10.9 Å². The second-order valence-corrected chi connectivity index (χ2v) is 4.96. The monoisotopic (exact) mass is 248 g/mol. The van der Waals surface area contributed by atoms with Gasteiger partial charge in [-0.05, 0) is 28.8 Å². The van der Waals surface area contributed by atoms with Crippen LogP contribution in [0.4, 0.5) is 5.69 Å². The van der Waals surface area contributed by atoms with E-state index in [-0.39, 0.29) is 5.91 Å². The van der Waals surface area contributed by atoms with Crippen LogP contribution in [-0.2, 0) is 17.6 Å². The highest BCUT2D eigenvalue weighted by Crippen LogP contribution is 2.30. The molecule has 0 unspecified atom stereocenters. The fourth-order valence-electron chi connectivity index (χ4n) is 2.67. The van der Waals surface area contributed by atoms with Crippen LogP contribution in [0.5, 0.6) is 0 Å². The molecule has 0 radical (unpaired) electrons. The number of nitrogens with one attached hydrogen (secondary N) is 1. The largest absolute Gasteiger partial charge is 0.326 e. The highest BCUT2D eigenvalue weighted by Gasteiger charge is 2.18. The van der Waals surface area contributed by atoms with Crippen LogP contribution in [0.15, 0.2) is 36.5 Å². The molecule has 0 saturated heterocycles. The highest BCUT2D eigenvalue weighted by molar-refractivity contribution is 6.00. The Bertz CT molecular complexity index is 732. The van der Waals surface area contributed by atoms with Crippen LogP contribution in [0, 0.1) is 0 Å². The minimum atomic E-state index is 0.0714. The predicted molar refractivity (Wildman–Crippen MR) is 74.7 cm³/mol. The first-order chi connectivity index (χ1) is 9.29. The third kappa shape index (κ3) is 1.66. The Morgan fingerprint density at radius 1 is 1.16 bits per heavy atom. The van der Waals surface area contributed by atoms with E-state index < -0.39 is 0 Å². The van der Waals surface area contributed by atoms with Gasteiger partial charge < -0.3 is 5.32 Å². The summed E-state index contributed by atoms with van der Waals surface area (Å²) in [7, 11) is 0. The molecule has 1 N–H and O–H groups in total. The van der Waals surface area contributed by atoms with Crippen molar-refractivity contribution in [3.63, 3.8) is 0 Å². The van der Waals surface area contributed by atoms with Gasteiger partial charge in [0.25, 0.3) is 0 Å². The molecule has 0 spiro atoms. The second kappa shape index (κ2) is 3.79. The minimum absolute atomic E-state index is 0.0714. The van der Waals surface area contributed by atoms with Crippen LogP contribution in [0.1, 0.15) is 16.8 Å². The molecule has 0 fully saturated rings. The lowest BCUT2D eigenvalue weighted by molar-refractivity contribution is -0.115. The van der Waals surface area contributed by atoms with Gasteiger partial charge in [-0.1, -0.05) is 24.3 Å². The smallest absolute Gasteiger partial charge is 0.228 e. The van der Waals surface area contributed by atoms with E-state index in [9.17, 15) is 4.79 Å². The van der Waals surface area contributed by atoms with Crippen molar-refractivity contribution in [3.8, 4) is 11.1 Å². The number of hydrogen-bond acceptors (Lipinski definition) is 2. The molecular formula is C16H12N2O. The van der Waals surface area contributed by atoms with Gasteiger partial charge in [-0.25, -0.2) is 0 Å². The van der Waals surface area contributed by atoms with Gasteiger partial charge in [-0.15, -0.1) is 0 Å². The summed E-state index contributed by atoms with van der Waals surface area (Å²) in [4.78, 5) is 15.9. The second-order valence-electron chi connectivity index (χ2n) is 4.96. The number of hydrogen-bond donors (Lipinski definition) is 1. The third-order valence-electron chi connectivity index (χ3n) is 3.68. The number of fused-ring (bicyclic) bond motifs is 2. The quantitative estimate of drug-likeness (QED) is 0.843. The van der Waals surface area contributed by atoms with E-state index in [4.69, 9.17) is 0 Å². The summed E-state index contributed by atoms with van der Waals surface area (Å²) in [5.74, 6) is 0.0714. The van der Waals surface area contributed by atoms with Crippen LogP contribution >= 0.6 is 0 Å². The van der Waals surface area contributed by atoms with Gasteiger partial charge in [0, 0.05) is 23.9 Å². The molecule has 2 heterocycles. The van der Waals surface area contributed by atoms with E-state index in [2.05, 4.69) is 34.6 Å². The lowest BCUT2D eigenvalue weighted by Crippen LogP contribution is -2.03. The van der Waals surface area contributed by atoms with Gasteiger partial charge in [-0.2, -0.15) is 0 Å². The molecule has 92 valence electrons. The normalized spacial score (nSPS) is 15.3. The van der Waals surface area contributed by atoms with Crippen LogP contribution in [0.2, 0.25) is 0 Å². The van der Waals surface area contributed by atoms with E-state index in [1.807, 2.05) is 18.3 Å². The number of carbonyl (C=O) groups is 1. The van der Waals surface area contributed by atoms with Gasteiger partial charge in [0.05, 0.1) is 12.1 Å². The maximum Gasteiger partial charge on any atom is 0.228 e. The fourth-order valence-corrected chi connectivity index (χ4v) is 2.67. The molecule has 3 nitrogen and oxygen atoms in total. The van der Waals surface area contributed by atoms with Crippen molar-refractivity contribution >= 4 is 17.7 Å². The first-order valence-corrected chi connectivity index (χ1v) is 6.38. The molecule has 2 aliphatic rings. The van der Waals surface area contributed by atoms with Gasteiger partial charge >= 0.3 is 0 Å². The lowest BCUT2D eigenvalue weighted by atomic mass is 10.0. The Labute approximate surface area is 111 Å². The van der Waals surface area contributed by atoms with Gasteiger partial charge in [0.15, 0.2) is 0 Å². The molecule has 19 heavy (non-hydrogen) atoms. The molecule has 1 aromatic carbocycles. The first kappa shape index (κ1) is 10.5. The van der Waals surface area contributed by atoms with E-state index in [1.165, 1.54) is 5.56 Å². The Morgan fingerprint density at radius 2 is 2.11 bits per heavy atom. The average Bonchev–Trinajstić information content (AvgIpc) is 3.01. The summed E-state index contributed by atoms with van der Waals surface area (Å²) in [6, 6.07) is 8.26. The highest BCUT2D eigenvalue weighted by atomic mass is 16.1. The summed E-state index contributed by atoms with van der Waals surface area (Å²) >= 11 is 0. The topological polar surface area (TPSA) is 42.0 Å². The van der Waals surface area contributed by atoms with Crippen molar-refractivity contribution in [1.82, 2.24) is 4.98 Å². The Hall–Kier alpha value is -2.42. The number of nitrogens with zero attached hydrogens (tertiary/aromatic N) is 1. The maximum atomic E-state index is 11.4. The minimum Gasteiger partial charge on any atom is -0.326 e. The Balaban J connectivity index is 1.79. The standard InChI is InChI=1S/C16H12N2O/c19-16-8-12-5-4-10(7-15(12)18-16)13-6-11-2-1-3-14(11)17-9-13/h1-2,4-7,9H,3,8H2,(H,18,19). The number of benzene rings is 1. The van der Waals surface area contributed by atoms with Crippen LogP contribution in [0.25, 0.3) is 17.2 Å². The predicted octanol–water partition coefficient (Wildman–Crippen LogP) is 2.81. The molecule has 1 aliphatic carbocycles. The number of aromatic nitrogens is 1. The summed E-state index contributed by atoms with van der Waals surface area (Å²) in [6.07, 6.45) is 7.56. The number of pyridine rings is 1. The SMILES string of the molecule is O=C1Cc2ccc(-c3cnc4c(c3)C=CC4)cc2N1. The summed E-state index contributed by atoms with van der Waals surface area (Å²) < 4.78 is 0. The zero-order valence-electron chi connectivity index (χ0n) is 10.3. The third-order valence-corrected chi connectivity index (χ3v) is 3.68. The molecule has 1 amide bonds. The average molecular weight is 248 g/mol. The van der Waals surface area contributed by atoms with Gasteiger partial charge in [0.2, 0.25) is 5.91 Å². The molecule has 3 heteroatoms. The van der Waals surface area contributed by atoms with E-state index in [0.29, 0.717) is 6.42 Å². The molecule has 1 aliphatic heterocycles. The number of amides is 1. The van der Waals surface area contributed by atoms with Crippen molar-refractivity contribution in [3.05, 3.63) is 53.4 Å². The molecule has 4 rings (SSSR count). The zero-order valence-corrected chi connectivity index (χ0v) is 10.3. The maximum absolute atomic E-state index is 11.4. The van der Waals surface area contributed by atoms with Crippen molar-refractivity contribution in [2.45, 2.75) is 12.8 Å². The van der Waals surface area contributed by atoms with Crippen molar-refractivity contribution < 1.29 is 4.79 Å². The Kier molecular flexibility index (Phi) is 2.09. The molecular weight excluding hydrogens is 236 g/mol. The number of rotatable bonds is 1. The molecule has 1 aromatic heterocycles. The molecule has 0 bridgehead atoms. The van der Waals surface area contributed by atoms with Crippen LogP contribution in [0.3, 0.4) is 0 Å². The van der Waals surface area contributed by atoms with Gasteiger partial charge in [0.1, 0.15) is 0 Å². The van der Waals surface area contributed by atoms with Crippen molar-refractivity contribution in [1.29, 1.82) is 0 Å². The summed E-state index contributed by atoms with van der Waals surface area (Å²) in [5.41, 5.74) is 6.52. The molecule has 0 atom stereocenters. The molecule has 0 saturated carbocycles. The fraction of sp³-hybridized carbons (Fsp3) is 0.125. The van der Waals surface area contributed by atoms with Crippen LogP contribution < -0.4 is 5.32 Å². The van der Waals surface area contributed by atoms with E-state index in [0.717, 1.165) is 34.5 Å². The van der Waals surface area contributed by atoms with Crippen molar-refractivity contribution in [2.75, 3.05) is 5.32 Å². The zero-order chi connectivity index (χ0) is 12.8. The first-order valence-electron chi connectivity index (χ1n) is 6.38. The van der Waals surface area contributed by atoms with E-state index >= 15 is 0 Å². The van der Waals surface area contributed by atoms with E-state index in [1.54, 1.807) is 0 Å². The van der Waals surface area contributed by atoms with Crippen molar-refractivity contribution in [2.24, 2.45) is 0 Å². The molecule has 2 aromatic rings. The Morgan fingerprint density at radius 3 is 3.05 bits per heavy atom.